The third kappa shape index (κ3) is 3.42. The van der Waals surface area contributed by atoms with Gasteiger partial charge in [0.05, 0.1) is 14.2 Å². The molecule has 0 aliphatic rings. The Balaban J connectivity index is 2.35. The number of ether oxygens (including phenoxy) is 2. The van der Waals surface area contributed by atoms with Gasteiger partial charge in [-0.05, 0) is 59.1 Å². The highest BCUT2D eigenvalue weighted by Crippen LogP contribution is 2.35. The molecule has 2 aromatic carbocycles. The number of aryl methyl sites for hydroxylation is 2. The van der Waals surface area contributed by atoms with Gasteiger partial charge in [-0.25, -0.2) is 0 Å². The Hall–Kier alpha value is -2.01. The molecule has 0 fully saturated rings. The molecule has 0 saturated heterocycles. The van der Waals surface area contributed by atoms with Crippen molar-refractivity contribution in [2.24, 2.45) is 0 Å². The van der Waals surface area contributed by atoms with E-state index >= 15 is 0 Å². The lowest BCUT2D eigenvalue weighted by Crippen LogP contribution is -2.13. The van der Waals surface area contributed by atoms with Gasteiger partial charge >= 0.3 is 0 Å². The van der Waals surface area contributed by atoms with Crippen LogP contribution in [0, 0.1) is 13.8 Å². The van der Waals surface area contributed by atoms with E-state index in [1.807, 2.05) is 32.0 Å². The first-order valence-corrected chi connectivity index (χ1v) is 7.55. The molecule has 5 heteroatoms. The van der Waals surface area contributed by atoms with Gasteiger partial charge in [0.15, 0.2) is 0 Å². The SMILES string of the molecule is COc1cc(C(=O)Nc2cc(C)ccc2C)cc(OC)c1Br. The average molecular weight is 364 g/mol. The zero-order valence-corrected chi connectivity index (χ0v) is 14.6. The van der Waals surface area contributed by atoms with E-state index in [4.69, 9.17) is 9.47 Å². The molecule has 2 rings (SSSR count). The maximum absolute atomic E-state index is 12.5. The van der Waals surface area contributed by atoms with E-state index in [9.17, 15) is 4.79 Å². The van der Waals surface area contributed by atoms with E-state index in [2.05, 4.69) is 21.2 Å². The van der Waals surface area contributed by atoms with E-state index in [1.54, 1.807) is 26.4 Å². The molecule has 0 spiro atoms. The molecule has 1 amide bonds. The molecule has 0 aromatic heterocycles. The number of nitrogens with one attached hydrogen (secondary N) is 1. The van der Waals surface area contributed by atoms with Crippen LogP contribution in [0.4, 0.5) is 5.69 Å². The van der Waals surface area contributed by atoms with Crippen molar-refractivity contribution in [3.05, 3.63) is 51.5 Å². The number of anilines is 1. The van der Waals surface area contributed by atoms with Gasteiger partial charge in [0, 0.05) is 11.3 Å². The molecular weight excluding hydrogens is 346 g/mol. The molecule has 22 heavy (non-hydrogen) atoms. The lowest BCUT2D eigenvalue weighted by Gasteiger charge is -2.13. The summed E-state index contributed by atoms with van der Waals surface area (Å²) in [7, 11) is 3.10. The molecule has 0 bridgehead atoms. The minimum atomic E-state index is -0.210. The molecule has 0 unspecified atom stereocenters. The quantitative estimate of drug-likeness (QED) is 0.878. The normalized spacial score (nSPS) is 10.2. The Labute approximate surface area is 138 Å². The Morgan fingerprint density at radius 3 is 2.18 bits per heavy atom. The van der Waals surface area contributed by atoms with Crippen molar-refractivity contribution in [1.82, 2.24) is 0 Å². The third-order valence-corrected chi connectivity index (χ3v) is 4.13. The number of amides is 1. The molecule has 0 aliphatic heterocycles. The minimum Gasteiger partial charge on any atom is -0.495 e. The summed E-state index contributed by atoms with van der Waals surface area (Å²) in [4.78, 5) is 12.5. The second kappa shape index (κ2) is 6.83. The largest absolute Gasteiger partial charge is 0.495 e. The minimum absolute atomic E-state index is 0.210. The number of carbonyl (C=O) groups excluding carboxylic acids is 1. The first-order valence-electron chi connectivity index (χ1n) is 6.76. The number of hydrogen-bond donors (Lipinski definition) is 1. The van der Waals surface area contributed by atoms with Crippen LogP contribution < -0.4 is 14.8 Å². The van der Waals surface area contributed by atoms with Gasteiger partial charge in [0.25, 0.3) is 5.91 Å². The number of benzene rings is 2. The van der Waals surface area contributed by atoms with Crippen LogP contribution in [-0.2, 0) is 0 Å². The number of methoxy groups -OCH3 is 2. The Bertz CT molecular complexity index is 688. The Kier molecular flexibility index (Phi) is 5.08. The predicted octanol–water partition coefficient (Wildman–Crippen LogP) is 4.34. The van der Waals surface area contributed by atoms with Crippen molar-refractivity contribution < 1.29 is 14.3 Å². The van der Waals surface area contributed by atoms with Gasteiger partial charge in [-0.1, -0.05) is 12.1 Å². The summed E-state index contributed by atoms with van der Waals surface area (Å²) in [6.07, 6.45) is 0. The van der Waals surface area contributed by atoms with Crippen LogP contribution in [0.3, 0.4) is 0 Å². The lowest BCUT2D eigenvalue weighted by atomic mass is 10.1. The summed E-state index contributed by atoms with van der Waals surface area (Å²) in [6, 6.07) is 9.28. The van der Waals surface area contributed by atoms with E-state index in [0.717, 1.165) is 16.8 Å². The van der Waals surface area contributed by atoms with E-state index in [-0.39, 0.29) is 5.91 Å². The van der Waals surface area contributed by atoms with Crippen LogP contribution in [-0.4, -0.2) is 20.1 Å². The van der Waals surface area contributed by atoms with Crippen molar-refractivity contribution in [2.45, 2.75) is 13.8 Å². The van der Waals surface area contributed by atoms with E-state index in [0.29, 0.717) is 21.5 Å². The molecule has 0 heterocycles. The molecule has 116 valence electrons. The summed E-state index contributed by atoms with van der Waals surface area (Å²) in [5.41, 5.74) is 3.37. The molecule has 2 aromatic rings. The van der Waals surface area contributed by atoms with Crippen molar-refractivity contribution >= 4 is 27.5 Å². The van der Waals surface area contributed by atoms with Gasteiger partial charge in [-0.15, -0.1) is 0 Å². The Morgan fingerprint density at radius 1 is 1.05 bits per heavy atom. The van der Waals surface area contributed by atoms with Gasteiger partial charge < -0.3 is 14.8 Å². The van der Waals surface area contributed by atoms with Crippen LogP contribution in [0.5, 0.6) is 11.5 Å². The first kappa shape index (κ1) is 16.4. The van der Waals surface area contributed by atoms with Gasteiger partial charge in [-0.3, -0.25) is 4.79 Å². The summed E-state index contributed by atoms with van der Waals surface area (Å²) in [6.45, 7) is 3.94. The van der Waals surface area contributed by atoms with Crippen molar-refractivity contribution in [3.8, 4) is 11.5 Å². The topological polar surface area (TPSA) is 47.6 Å². The maximum Gasteiger partial charge on any atom is 0.255 e. The summed E-state index contributed by atoms with van der Waals surface area (Å²) < 4.78 is 11.2. The first-order chi connectivity index (χ1) is 10.5. The van der Waals surface area contributed by atoms with Crippen molar-refractivity contribution in [3.63, 3.8) is 0 Å². The van der Waals surface area contributed by atoms with Crippen LogP contribution >= 0.6 is 15.9 Å². The van der Waals surface area contributed by atoms with Crippen molar-refractivity contribution in [2.75, 3.05) is 19.5 Å². The summed E-state index contributed by atoms with van der Waals surface area (Å²) in [5.74, 6) is 0.883. The molecule has 4 nitrogen and oxygen atoms in total. The fraction of sp³-hybridized carbons (Fsp3) is 0.235. The smallest absolute Gasteiger partial charge is 0.255 e. The second-order valence-corrected chi connectivity index (χ2v) is 5.76. The molecule has 0 aliphatic carbocycles. The van der Waals surface area contributed by atoms with Gasteiger partial charge in [-0.2, -0.15) is 0 Å². The number of halogens is 1. The third-order valence-electron chi connectivity index (χ3n) is 3.35. The highest BCUT2D eigenvalue weighted by Gasteiger charge is 2.15. The van der Waals surface area contributed by atoms with Gasteiger partial charge in [0.2, 0.25) is 0 Å². The standard InChI is InChI=1S/C17H18BrNO3/c1-10-5-6-11(2)13(7-10)19-17(20)12-8-14(21-3)16(18)15(9-12)22-4/h5-9H,1-4H3,(H,19,20). The fourth-order valence-corrected chi connectivity index (χ4v) is 2.62. The van der Waals surface area contributed by atoms with Crippen molar-refractivity contribution in [1.29, 1.82) is 0 Å². The molecule has 0 radical (unpaired) electrons. The van der Waals surface area contributed by atoms with E-state index < -0.39 is 0 Å². The van der Waals surface area contributed by atoms with Crippen LogP contribution in [0.25, 0.3) is 0 Å². The van der Waals surface area contributed by atoms with Gasteiger partial charge in [0.1, 0.15) is 16.0 Å². The maximum atomic E-state index is 12.5. The molecule has 0 atom stereocenters. The highest BCUT2D eigenvalue weighted by atomic mass is 79.9. The number of hydrogen-bond acceptors (Lipinski definition) is 3. The van der Waals surface area contributed by atoms with Crippen LogP contribution in [0.2, 0.25) is 0 Å². The lowest BCUT2D eigenvalue weighted by molar-refractivity contribution is 0.102. The molecule has 1 N–H and O–H groups in total. The van der Waals surface area contributed by atoms with E-state index in [1.165, 1.54) is 0 Å². The highest BCUT2D eigenvalue weighted by molar-refractivity contribution is 9.10. The summed E-state index contributed by atoms with van der Waals surface area (Å²) in [5, 5.41) is 2.92. The molecule has 0 saturated carbocycles. The number of rotatable bonds is 4. The number of carbonyl (C=O) groups is 1. The fourth-order valence-electron chi connectivity index (χ4n) is 2.07. The van der Waals surface area contributed by atoms with Crippen LogP contribution in [0.1, 0.15) is 21.5 Å². The zero-order valence-electron chi connectivity index (χ0n) is 13.0. The van der Waals surface area contributed by atoms with Crippen LogP contribution in [0.15, 0.2) is 34.8 Å². The predicted molar refractivity (Wildman–Crippen MR) is 91.1 cm³/mol. The zero-order chi connectivity index (χ0) is 16.3. The monoisotopic (exact) mass is 363 g/mol. The second-order valence-electron chi connectivity index (χ2n) is 4.97. The molecular formula is C17H18BrNO3. The summed E-state index contributed by atoms with van der Waals surface area (Å²) >= 11 is 3.39. The average Bonchev–Trinajstić information content (AvgIpc) is 2.51. The Morgan fingerprint density at radius 2 is 1.64 bits per heavy atom.